The Kier molecular flexibility index (Phi) is 4.84. The number of rotatable bonds is 6. The van der Waals surface area contributed by atoms with Crippen LogP contribution in [0.5, 0.6) is 0 Å². The summed E-state index contributed by atoms with van der Waals surface area (Å²) >= 11 is 1.76. The molecule has 2 nitrogen and oxygen atoms in total. The summed E-state index contributed by atoms with van der Waals surface area (Å²) in [6.45, 7) is 2.82. The maximum atomic E-state index is 13.0. The SMILES string of the molecule is CCCC(NCc1cncc(F)c1)c1cccs1. The van der Waals surface area contributed by atoms with Crippen molar-refractivity contribution in [3.05, 3.63) is 52.2 Å². The van der Waals surface area contributed by atoms with E-state index in [1.807, 2.05) is 0 Å². The number of nitrogens with one attached hydrogen (secondary N) is 1. The lowest BCUT2D eigenvalue weighted by Crippen LogP contribution is -2.20. The predicted octanol–water partition coefficient (Wildman–Crippen LogP) is 3.91. The molecule has 0 aromatic carbocycles. The molecular formula is C14H17FN2S. The third-order valence-electron chi connectivity index (χ3n) is 2.78. The second-order valence-electron chi connectivity index (χ2n) is 4.25. The zero-order chi connectivity index (χ0) is 12.8. The van der Waals surface area contributed by atoms with Gasteiger partial charge in [0.05, 0.1) is 6.20 Å². The van der Waals surface area contributed by atoms with Gasteiger partial charge in [0.15, 0.2) is 0 Å². The van der Waals surface area contributed by atoms with Crippen molar-refractivity contribution in [2.24, 2.45) is 0 Å². The number of hydrogen-bond acceptors (Lipinski definition) is 3. The van der Waals surface area contributed by atoms with E-state index in [0.717, 1.165) is 18.4 Å². The zero-order valence-electron chi connectivity index (χ0n) is 10.4. The minimum absolute atomic E-state index is 0.280. The Morgan fingerprint density at radius 2 is 2.33 bits per heavy atom. The van der Waals surface area contributed by atoms with Gasteiger partial charge in [-0.3, -0.25) is 4.98 Å². The number of nitrogens with zero attached hydrogens (tertiary/aromatic N) is 1. The summed E-state index contributed by atoms with van der Waals surface area (Å²) in [5.74, 6) is -0.280. The van der Waals surface area contributed by atoms with E-state index in [2.05, 4.69) is 34.7 Å². The molecule has 0 aliphatic heterocycles. The highest BCUT2D eigenvalue weighted by Crippen LogP contribution is 2.23. The van der Waals surface area contributed by atoms with Crippen LogP contribution in [-0.2, 0) is 6.54 Å². The summed E-state index contributed by atoms with van der Waals surface area (Å²) in [4.78, 5) is 5.19. The van der Waals surface area contributed by atoms with Crippen molar-refractivity contribution in [3.8, 4) is 0 Å². The Hall–Kier alpha value is -1.26. The molecule has 0 aliphatic rings. The summed E-state index contributed by atoms with van der Waals surface area (Å²) in [6.07, 6.45) is 5.14. The number of thiophene rings is 1. The van der Waals surface area contributed by atoms with Gasteiger partial charge < -0.3 is 5.32 Å². The summed E-state index contributed by atoms with van der Waals surface area (Å²) in [5, 5.41) is 5.56. The molecule has 1 N–H and O–H groups in total. The molecule has 0 aliphatic carbocycles. The second kappa shape index (κ2) is 6.61. The first-order valence-electron chi connectivity index (χ1n) is 6.16. The van der Waals surface area contributed by atoms with Crippen LogP contribution >= 0.6 is 11.3 Å². The molecule has 18 heavy (non-hydrogen) atoms. The molecule has 0 radical (unpaired) electrons. The van der Waals surface area contributed by atoms with Gasteiger partial charge in [0.2, 0.25) is 0 Å². The molecular weight excluding hydrogens is 247 g/mol. The van der Waals surface area contributed by atoms with Crippen LogP contribution in [0.2, 0.25) is 0 Å². The van der Waals surface area contributed by atoms with Crippen LogP contribution < -0.4 is 5.32 Å². The first-order valence-corrected chi connectivity index (χ1v) is 7.03. The monoisotopic (exact) mass is 264 g/mol. The van der Waals surface area contributed by atoms with Crippen molar-refractivity contribution in [3.63, 3.8) is 0 Å². The molecule has 96 valence electrons. The molecule has 0 fully saturated rings. The highest BCUT2D eigenvalue weighted by molar-refractivity contribution is 7.10. The highest BCUT2D eigenvalue weighted by Gasteiger charge is 2.10. The Morgan fingerprint density at radius 1 is 1.44 bits per heavy atom. The van der Waals surface area contributed by atoms with E-state index in [1.54, 1.807) is 17.5 Å². The third kappa shape index (κ3) is 3.62. The molecule has 2 aromatic rings. The average molecular weight is 264 g/mol. The quantitative estimate of drug-likeness (QED) is 0.855. The smallest absolute Gasteiger partial charge is 0.141 e. The molecule has 2 heterocycles. The van der Waals surface area contributed by atoms with E-state index in [-0.39, 0.29) is 5.82 Å². The lowest BCUT2D eigenvalue weighted by atomic mass is 10.1. The number of halogens is 1. The molecule has 2 rings (SSSR count). The van der Waals surface area contributed by atoms with Crippen LogP contribution in [0, 0.1) is 5.82 Å². The Labute approximate surface area is 111 Å². The van der Waals surface area contributed by atoms with E-state index >= 15 is 0 Å². The van der Waals surface area contributed by atoms with Gasteiger partial charge in [0.25, 0.3) is 0 Å². The molecule has 0 amide bonds. The standard InChI is InChI=1S/C14H17FN2S/c1-2-4-13(14-5-3-6-18-14)17-9-11-7-12(15)10-16-8-11/h3,5-8,10,13,17H,2,4,9H2,1H3. The van der Waals surface area contributed by atoms with Crippen LogP contribution in [0.25, 0.3) is 0 Å². The lowest BCUT2D eigenvalue weighted by molar-refractivity contribution is 0.498. The Bertz CT molecular complexity index is 470. The molecule has 0 spiro atoms. The van der Waals surface area contributed by atoms with E-state index in [1.165, 1.54) is 17.1 Å². The predicted molar refractivity (Wildman–Crippen MR) is 73.0 cm³/mol. The largest absolute Gasteiger partial charge is 0.305 e. The van der Waals surface area contributed by atoms with Gasteiger partial charge in [-0.25, -0.2) is 4.39 Å². The highest BCUT2D eigenvalue weighted by atomic mass is 32.1. The number of hydrogen-bond donors (Lipinski definition) is 1. The molecule has 0 bridgehead atoms. The second-order valence-corrected chi connectivity index (χ2v) is 5.23. The van der Waals surface area contributed by atoms with Gasteiger partial charge in [-0.15, -0.1) is 11.3 Å². The van der Waals surface area contributed by atoms with Crippen LogP contribution in [0.15, 0.2) is 36.0 Å². The Morgan fingerprint density at radius 3 is 3.00 bits per heavy atom. The Balaban J connectivity index is 1.98. The minimum atomic E-state index is -0.280. The lowest BCUT2D eigenvalue weighted by Gasteiger charge is -2.16. The van der Waals surface area contributed by atoms with E-state index < -0.39 is 0 Å². The van der Waals surface area contributed by atoms with Crippen molar-refractivity contribution in [1.82, 2.24) is 10.3 Å². The molecule has 0 saturated carbocycles. The topological polar surface area (TPSA) is 24.9 Å². The molecule has 1 unspecified atom stereocenters. The van der Waals surface area contributed by atoms with Gasteiger partial charge in [-0.1, -0.05) is 19.4 Å². The van der Waals surface area contributed by atoms with Crippen molar-refractivity contribution >= 4 is 11.3 Å². The van der Waals surface area contributed by atoms with Gasteiger partial charge in [0, 0.05) is 23.7 Å². The van der Waals surface area contributed by atoms with E-state index in [9.17, 15) is 4.39 Å². The van der Waals surface area contributed by atoms with Crippen LogP contribution in [0.1, 0.15) is 36.2 Å². The van der Waals surface area contributed by atoms with Gasteiger partial charge in [-0.2, -0.15) is 0 Å². The summed E-state index contributed by atoms with van der Waals surface area (Å²) in [6, 6.07) is 6.08. The fourth-order valence-electron chi connectivity index (χ4n) is 1.92. The summed E-state index contributed by atoms with van der Waals surface area (Å²) < 4.78 is 13.0. The van der Waals surface area contributed by atoms with E-state index in [0.29, 0.717) is 12.6 Å². The van der Waals surface area contributed by atoms with Crippen molar-refractivity contribution in [2.45, 2.75) is 32.4 Å². The van der Waals surface area contributed by atoms with Crippen molar-refractivity contribution < 1.29 is 4.39 Å². The van der Waals surface area contributed by atoms with Crippen LogP contribution in [-0.4, -0.2) is 4.98 Å². The van der Waals surface area contributed by atoms with Crippen molar-refractivity contribution in [2.75, 3.05) is 0 Å². The van der Waals surface area contributed by atoms with Crippen LogP contribution in [0.4, 0.5) is 4.39 Å². The van der Waals surface area contributed by atoms with Gasteiger partial charge in [0.1, 0.15) is 5.82 Å². The zero-order valence-corrected chi connectivity index (χ0v) is 11.2. The van der Waals surface area contributed by atoms with Crippen LogP contribution in [0.3, 0.4) is 0 Å². The first-order chi connectivity index (χ1) is 8.79. The molecule has 1 atom stereocenters. The molecule has 2 aromatic heterocycles. The molecule has 4 heteroatoms. The maximum Gasteiger partial charge on any atom is 0.141 e. The fraction of sp³-hybridized carbons (Fsp3) is 0.357. The normalized spacial score (nSPS) is 12.6. The first kappa shape index (κ1) is 13.2. The average Bonchev–Trinajstić information content (AvgIpc) is 2.88. The summed E-state index contributed by atoms with van der Waals surface area (Å²) in [5.41, 5.74) is 0.882. The number of aromatic nitrogens is 1. The minimum Gasteiger partial charge on any atom is -0.305 e. The number of pyridine rings is 1. The van der Waals surface area contributed by atoms with Crippen molar-refractivity contribution in [1.29, 1.82) is 0 Å². The maximum absolute atomic E-state index is 13.0. The van der Waals surface area contributed by atoms with E-state index in [4.69, 9.17) is 0 Å². The van der Waals surface area contributed by atoms with Gasteiger partial charge >= 0.3 is 0 Å². The fourth-order valence-corrected chi connectivity index (χ4v) is 2.75. The summed E-state index contributed by atoms with van der Waals surface area (Å²) in [7, 11) is 0. The third-order valence-corrected chi connectivity index (χ3v) is 3.76. The van der Waals surface area contributed by atoms with Gasteiger partial charge in [-0.05, 0) is 29.5 Å². The molecule has 0 saturated heterocycles.